The van der Waals surface area contributed by atoms with Crippen molar-refractivity contribution in [3.63, 3.8) is 0 Å². The molecule has 0 fully saturated rings. The van der Waals surface area contributed by atoms with Crippen LogP contribution in [0.1, 0.15) is 10.4 Å². The van der Waals surface area contributed by atoms with Crippen molar-refractivity contribution in [2.45, 2.75) is 0 Å². The summed E-state index contributed by atoms with van der Waals surface area (Å²) < 4.78 is 6.12. The zero-order valence-electron chi connectivity index (χ0n) is 11.3. The minimum absolute atomic E-state index is 0.265. The third-order valence-corrected chi connectivity index (χ3v) is 3.96. The molecule has 6 heteroatoms. The van der Waals surface area contributed by atoms with E-state index in [0.29, 0.717) is 16.4 Å². The van der Waals surface area contributed by atoms with Crippen molar-refractivity contribution in [2.75, 3.05) is 18.2 Å². The molecule has 0 aliphatic heterocycles. The van der Waals surface area contributed by atoms with Gasteiger partial charge in [0.25, 0.3) is 5.91 Å². The van der Waals surface area contributed by atoms with Crippen LogP contribution < -0.4 is 15.8 Å². The summed E-state index contributed by atoms with van der Waals surface area (Å²) in [6, 6.07) is 12.5. The van der Waals surface area contributed by atoms with E-state index < -0.39 is 0 Å². The van der Waals surface area contributed by atoms with Gasteiger partial charge in [-0.15, -0.1) is 0 Å². The third kappa shape index (κ3) is 2.66. The highest BCUT2D eigenvalue weighted by Gasteiger charge is 2.12. The molecule has 1 heterocycles. The topological polar surface area (TPSA) is 77.2 Å². The first-order valence-electron chi connectivity index (χ1n) is 6.28. The molecule has 2 aromatic carbocycles. The maximum Gasteiger partial charge on any atom is 0.259 e. The monoisotopic (exact) mass is 299 g/mol. The molecule has 0 aliphatic rings. The van der Waals surface area contributed by atoms with Crippen molar-refractivity contribution < 1.29 is 9.53 Å². The first kappa shape index (κ1) is 13.4. The number of carbonyl (C=O) groups excluding carboxylic acids is 1. The van der Waals surface area contributed by atoms with E-state index >= 15 is 0 Å². The second-order valence-corrected chi connectivity index (χ2v) is 5.42. The first-order valence-corrected chi connectivity index (χ1v) is 7.09. The van der Waals surface area contributed by atoms with Crippen LogP contribution in [0.2, 0.25) is 0 Å². The molecule has 0 atom stereocenters. The molecule has 0 saturated heterocycles. The van der Waals surface area contributed by atoms with Crippen molar-refractivity contribution in [1.29, 1.82) is 0 Å². The standard InChI is InChI=1S/C15H13N3O2S/c1-20-9-6-7-12-13(8-9)21-15(17-12)18-14(19)10-4-2-3-5-11(10)16/h2-8H,16H2,1H3,(H,17,18,19). The Hall–Kier alpha value is -2.60. The summed E-state index contributed by atoms with van der Waals surface area (Å²) in [5.41, 5.74) is 7.49. The van der Waals surface area contributed by atoms with Crippen molar-refractivity contribution in [2.24, 2.45) is 0 Å². The number of benzene rings is 2. The number of anilines is 2. The summed E-state index contributed by atoms with van der Waals surface area (Å²) >= 11 is 1.39. The number of thiazole rings is 1. The van der Waals surface area contributed by atoms with Gasteiger partial charge in [0, 0.05) is 5.69 Å². The molecule has 0 saturated carbocycles. The van der Waals surface area contributed by atoms with Crippen LogP contribution >= 0.6 is 11.3 Å². The van der Waals surface area contributed by atoms with Gasteiger partial charge in [-0.05, 0) is 30.3 Å². The summed E-state index contributed by atoms with van der Waals surface area (Å²) in [7, 11) is 1.61. The number of methoxy groups -OCH3 is 1. The Kier molecular flexibility index (Phi) is 3.45. The van der Waals surface area contributed by atoms with Gasteiger partial charge >= 0.3 is 0 Å². The molecule has 3 rings (SSSR count). The van der Waals surface area contributed by atoms with E-state index in [0.717, 1.165) is 16.0 Å². The van der Waals surface area contributed by atoms with Gasteiger partial charge in [0.05, 0.1) is 22.9 Å². The zero-order valence-corrected chi connectivity index (χ0v) is 12.1. The number of aromatic nitrogens is 1. The van der Waals surface area contributed by atoms with Gasteiger partial charge in [0.15, 0.2) is 5.13 Å². The van der Waals surface area contributed by atoms with E-state index in [1.807, 2.05) is 18.2 Å². The molecule has 5 nitrogen and oxygen atoms in total. The van der Waals surface area contributed by atoms with Gasteiger partial charge in [-0.1, -0.05) is 23.5 Å². The fourth-order valence-corrected chi connectivity index (χ4v) is 2.84. The second kappa shape index (κ2) is 5.41. The normalized spacial score (nSPS) is 10.5. The molecule has 1 aromatic heterocycles. The number of nitrogens with two attached hydrogens (primary N) is 1. The molecule has 21 heavy (non-hydrogen) atoms. The molecular weight excluding hydrogens is 286 g/mol. The van der Waals surface area contributed by atoms with Gasteiger partial charge in [-0.2, -0.15) is 0 Å². The fraction of sp³-hybridized carbons (Fsp3) is 0.0667. The van der Waals surface area contributed by atoms with Crippen LogP contribution in [0.15, 0.2) is 42.5 Å². The molecule has 0 spiro atoms. The highest BCUT2D eigenvalue weighted by Crippen LogP contribution is 2.29. The fourth-order valence-electron chi connectivity index (χ4n) is 1.95. The van der Waals surface area contributed by atoms with Gasteiger partial charge in [-0.3, -0.25) is 10.1 Å². The number of rotatable bonds is 3. The van der Waals surface area contributed by atoms with Crippen LogP contribution in [0.4, 0.5) is 10.8 Å². The molecule has 0 bridgehead atoms. The van der Waals surface area contributed by atoms with Crippen molar-refractivity contribution in [3.05, 3.63) is 48.0 Å². The van der Waals surface area contributed by atoms with Crippen LogP contribution in [0.3, 0.4) is 0 Å². The van der Waals surface area contributed by atoms with E-state index in [4.69, 9.17) is 10.5 Å². The summed E-state index contributed by atoms with van der Waals surface area (Å²) in [4.78, 5) is 16.6. The summed E-state index contributed by atoms with van der Waals surface area (Å²) in [6.07, 6.45) is 0. The second-order valence-electron chi connectivity index (χ2n) is 4.39. The lowest BCUT2D eigenvalue weighted by Gasteiger charge is -2.04. The van der Waals surface area contributed by atoms with Gasteiger partial charge in [-0.25, -0.2) is 4.98 Å². The van der Waals surface area contributed by atoms with Crippen LogP contribution in [0.25, 0.3) is 10.2 Å². The summed E-state index contributed by atoms with van der Waals surface area (Å²) in [5.74, 6) is 0.496. The predicted molar refractivity (Wildman–Crippen MR) is 85.0 cm³/mol. The number of carbonyl (C=O) groups is 1. The highest BCUT2D eigenvalue weighted by molar-refractivity contribution is 7.22. The molecule has 0 aliphatic carbocycles. The lowest BCUT2D eigenvalue weighted by atomic mass is 10.2. The van der Waals surface area contributed by atoms with Gasteiger partial charge in [0.2, 0.25) is 0 Å². The maximum atomic E-state index is 12.2. The molecule has 3 N–H and O–H groups in total. The Morgan fingerprint density at radius 3 is 2.86 bits per heavy atom. The van der Waals surface area contributed by atoms with Gasteiger partial charge in [0.1, 0.15) is 5.75 Å². The molecular formula is C15H13N3O2S. The van der Waals surface area contributed by atoms with E-state index in [9.17, 15) is 4.79 Å². The highest BCUT2D eigenvalue weighted by atomic mass is 32.1. The Balaban J connectivity index is 1.88. The van der Waals surface area contributed by atoms with E-state index in [-0.39, 0.29) is 5.91 Å². The first-order chi connectivity index (χ1) is 10.2. The zero-order chi connectivity index (χ0) is 14.8. The lowest BCUT2D eigenvalue weighted by Crippen LogP contribution is -2.13. The van der Waals surface area contributed by atoms with Crippen LogP contribution in [-0.2, 0) is 0 Å². The number of ether oxygens (including phenoxy) is 1. The Bertz CT molecular complexity index is 814. The number of nitrogens with zero attached hydrogens (tertiary/aromatic N) is 1. The number of amides is 1. The van der Waals surface area contributed by atoms with Gasteiger partial charge < -0.3 is 10.5 Å². The third-order valence-electron chi connectivity index (χ3n) is 3.02. The predicted octanol–water partition coefficient (Wildman–Crippen LogP) is 3.14. The number of para-hydroxylation sites is 1. The minimum atomic E-state index is -0.265. The summed E-state index contributed by atoms with van der Waals surface area (Å²) in [5, 5.41) is 3.31. The van der Waals surface area contributed by atoms with Crippen LogP contribution in [0.5, 0.6) is 5.75 Å². The molecule has 3 aromatic rings. The Labute approximate surface area is 125 Å². The van der Waals surface area contributed by atoms with Crippen LogP contribution in [0, 0.1) is 0 Å². The van der Waals surface area contributed by atoms with E-state index in [2.05, 4.69) is 10.3 Å². The lowest BCUT2D eigenvalue weighted by molar-refractivity contribution is 0.102. The molecule has 106 valence electrons. The Morgan fingerprint density at radius 1 is 1.29 bits per heavy atom. The van der Waals surface area contributed by atoms with Crippen LogP contribution in [-0.4, -0.2) is 18.0 Å². The number of hydrogen-bond donors (Lipinski definition) is 2. The van der Waals surface area contributed by atoms with Crippen molar-refractivity contribution in [1.82, 2.24) is 4.98 Å². The number of hydrogen-bond acceptors (Lipinski definition) is 5. The smallest absolute Gasteiger partial charge is 0.259 e. The van der Waals surface area contributed by atoms with E-state index in [1.165, 1.54) is 11.3 Å². The number of nitrogen functional groups attached to an aromatic ring is 1. The molecule has 1 amide bonds. The molecule has 0 unspecified atom stereocenters. The Morgan fingerprint density at radius 2 is 2.10 bits per heavy atom. The average Bonchev–Trinajstić information content (AvgIpc) is 2.88. The number of nitrogens with one attached hydrogen (secondary N) is 1. The minimum Gasteiger partial charge on any atom is -0.497 e. The number of fused-ring (bicyclic) bond motifs is 1. The maximum absolute atomic E-state index is 12.2. The largest absolute Gasteiger partial charge is 0.497 e. The van der Waals surface area contributed by atoms with Crippen molar-refractivity contribution >= 4 is 38.3 Å². The quantitative estimate of drug-likeness (QED) is 0.728. The van der Waals surface area contributed by atoms with Crippen molar-refractivity contribution in [3.8, 4) is 5.75 Å². The average molecular weight is 299 g/mol. The SMILES string of the molecule is COc1ccc2nc(NC(=O)c3ccccc3N)sc2c1. The molecule has 0 radical (unpaired) electrons. The summed E-state index contributed by atoms with van der Waals surface area (Å²) in [6.45, 7) is 0. The van der Waals surface area contributed by atoms with E-state index in [1.54, 1.807) is 31.4 Å².